The van der Waals surface area contributed by atoms with E-state index in [-0.39, 0.29) is 0 Å². The lowest BCUT2D eigenvalue weighted by molar-refractivity contribution is 0.935. The molecule has 2 rings (SSSR count). The molecule has 0 aromatic heterocycles. The van der Waals surface area contributed by atoms with Crippen molar-refractivity contribution in [2.45, 2.75) is 31.0 Å². The van der Waals surface area contributed by atoms with Crippen LogP contribution in [-0.4, -0.2) is 8.07 Å². The second-order valence-corrected chi connectivity index (χ2v) is 7.64. The molecule has 0 atom stereocenters. The summed E-state index contributed by atoms with van der Waals surface area (Å²) in [6, 6.07) is 4.75. The molecule has 0 unspecified atom stereocenters. The van der Waals surface area contributed by atoms with Crippen LogP contribution in [0.5, 0.6) is 0 Å². The minimum atomic E-state index is -0.560. The maximum absolute atomic E-state index is 2.56. The van der Waals surface area contributed by atoms with Gasteiger partial charge < -0.3 is 0 Å². The van der Waals surface area contributed by atoms with Crippen molar-refractivity contribution in [3.63, 3.8) is 0 Å². The van der Waals surface area contributed by atoms with E-state index < -0.39 is 8.07 Å². The number of hydrogen-bond donors (Lipinski definition) is 0. The van der Waals surface area contributed by atoms with Crippen molar-refractivity contribution in [1.82, 2.24) is 0 Å². The largest absolute Gasteiger partial charge is 0.0981 e. The van der Waals surface area contributed by atoms with Crippen LogP contribution in [0.15, 0.2) is 11.8 Å². The smallest absolute Gasteiger partial charge is 0.0810 e. The number of rotatable bonds is 0. The third-order valence-corrected chi connectivity index (χ3v) is 7.29. The van der Waals surface area contributed by atoms with E-state index in [1.54, 1.807) is 12.1 Å². The van der Waals surface area contributed by atoms with E-state index in [1.807, 2.05) is 0 Å². The van der Waals surface area contributed by atoms with Crippen LogP contribution in [0, 0.1) is 0 Å². The summed E-state index contributed by atoms with van der Waals surface area (Å²) in [5, 5.41) is 0. The first kappa shape index (κ1) is 4.80. The van der Waals surface area contributed by atoms with E-state index in [0.29, 0.717) is 0 Å². The lowest BCUT2D eigenvalue weighted by Crippen LogP contribution is -2.32. The van der Waals surface area contributed by atoms with E-state index in [4.69, 9.17) is 0 Å². The standard InChI is InChI=1S/C7H12Si/c1-2-5-8(4-1)6-3-7-8/h3,6H,1-2,4-5,7H2. The maximum Gasteiger partial charge on any atom is 0.0810 e. The van der Waals surface area contributed by atoms with Crippen LogP contribution in [0.1, 0.15) is 12.8 Å². The van der Waals surface area contributed by atoms with Gasteiger partial charge >= 0.3 is 0 Å². The third-order valence-electron chi connectivity index (χ3n) is 2.60. The summed E-state index contributed by atoms with van der Waals surface area (Å²) >= 11 is 0. The monoisotopic (exact) mass is 124 g/mol. The minimum absolute atomic E-state index is 0.560. The second kappa shape index (κ2) is 1.47. The van der Waals surface area contributed by atoms with Crippen molar-refractivity contribution < 1.29 is 0 Å². The summed E-state index contributed by atoms with van der Waals surface area (Å²) in [7, 11) is -0.560. The molecule has 0 aliphatic carbocycles. The number of allylic oxidation sites excluding steroid dienone is 1. The molecule has 2 heterocycles. The molecule has 0 aromatic carbocycles. The lowest BCUT2D eigenvalue weighted by atomic mass is 10.4. The van der Waals surface area contributed by atoms with Crippen molar-refractivity contribution >= 4 is 8.07 Å². The molecule has 8 heavy (non-hydrogen) atoms. The SMILES string of the molecule is C1=C[Si]2(C1)CCCC2. The van der Waals surface area contributed by atoms with Gasteiger partial charge in [0.05, 0.1) is 8.07 Å². The van der Waals surface area contributed by atoms with Crippen molar-refractivity contribution in [1.29, 1.82) is 0 Å². The van der Waals surface area contributed by atoms with E-state index in [9.17, 15) is 0 Å². The van der Waals surface area contributed by atoms with Gasteiger partial charge in [0.1, 0.15) is 0 Å². The van der Waals surface area contributed by atoms with Gasteiger partial charge in [0.25, 0.3) is 0 Å². The predicted octanol–water partition coefficient (Wildman–Crippen LogP) is 2.34. The molecule has 1 spiro atoms. The zero-order valence-electron chi connectivity index (χ0n) is 5.19. The van der Waals surface area contributed by atoms with Crippen LogP contribution in [0.25, 0.3) is 0 Å². The molecule has 0 saturated carbocycles. The Hall–Kier alpha value is -0.0431. The fourth-order valence-corrected chi connectivity index (χ4v) is 5.70. The Morgan fingerprint density at radius 2 is 1.75 bits per heavy atom. The van der Waals surface area contributed by atoms with Gasteiger partial charge in [-0.3, -0.25) is 0 Å². The summed E-state index contributed by atoms with van der Waals surface area (Å²) in [6.07, 6.45) is 5.45. The molecule has 2 aliphatic rings. The zero-order chi connectivity index (χ0) is 5.45. The highest BCUT2D eigenvalue weighted by atomic mass is 28.3. The summed E-state index contributed by atoms with van der Waals surface area (Å²) in [5.41, 5.74) is 2.56. The Balaban J connectivity index is 2.14. The second-order valence-electron chi connectivity index (χ2n) is 3.18. The molecule has 0 nitrogen and oxygen atoms in total. The van der Waals surface area contributed by atoms with Gasteiger partial charge in [-0.1, -0.05) is 36.7 Å². The Morgan fingerprint density at radius 1 is 1.12 bits per heavy atom. The molecule has 2 aliphatic heterocycles. The van der Waals surface area contributed by atoms with Gasteiger partial charge in [0, 0.05) is 0 Å². The normalized spacial score (nSPS) is 31.0. The Labute approximate surface area is 51.6 Å². The van der Waals surface area contributed by atoms with Gasteiger partial charge in [-0.25, -0.2) is 0 Å². The third kappa shape index (κ3) is 0.509. The zero-order valence-corrected chi connectivity index (χ0v) is 6.19. The highest BCUT2D eigenvalue weighted by molar-refractivity contribution is 6.88. The summed E-state index contributed by atoms with van der Waals surface area (Å²) in [4.78, 5) is 0. The predicted molar refractivity (Wildman–Crippen MR) is 38.5 cm³/mol. The van der Waals surface area contributed by atoms with Crippen molar-refractivity contribution in [3.8, 4) is 0 Å². The highest BCUT2D eigenvalue weighted by Crippen LogP contribution is 2.39. The fourth-order valence-electron chi connectivity index (χ4n) is 1.90. The molecule has 1 heteroatoms. The average molecular weight is 124 g/mol. The van der Waals surface area contributed by atoms with Crippen LogP contribution in [0.3, 0.4) is 0 Å². The van der Waals surface area contributed by atoms with Crippen LogP contribution in [0.4, 0.5) is 0 Å². The van der Waals surface area contributed by atoms with E-state index >= 15 is 0 Å². The fraction of sp³-hybridized carbons (Fsp3) is 0.714. The summed E-state index contributed by atoms with van der Waals surface area (Å²) in [6.45, 7) is 0. The first-order chi connectivity index (χ1) is 3.91. The first-order valence-corrected chi connectivity index (χ1v) is 6.29. The van der Waals surface area contributed by atoms with Crippen LogP contribution < -0.4 is 0 Å². The van der Waals surface area contributed by atoms with Gasteiger partial charge in [0.2, 0.25) is 0 Å². The highest BCUT2D eigenvalue weighted by Gasteiger charge is 2.36. The molecule has 44 valence electrons. The Morgan fingerprint density at radius 3 is 2.00 bits per heavy atom. The average Bonchev–Trinajstić information content (AvgIpc) is 2.07. The summed E-state index contributed by atoms with van der Waals surface area (Å²) in [5.74, 6) is 0. The van der Waals surface area contributed by atoms with Crippen LogP contribution >= 0.6 is 0 Å². The molecule has 1 fully saturated rings. The Kier molecular flexibility index (Phi) is 0.882. The maximum atomic E-state index is 2.56. The quantitative estimate of drug-likeness (QED) is 0.435. The van der Waals surface area contributed by atoms with Gasteiger partial charge in [-0.05, 0) is 6.04 Å². The van der Waals surface area contributed by atoms with E-state index in [0.717, 1.165) is 0 Å². The first-order valence-electron chi connectivity index (χ1n) is 3.59. The molecule has 0 aromatic rings. The van der Waals surface area contributed by atoms with E-state index in [1.165, 1.54) is 18.9 Å². The van der Waals surface area contributed by atoms with Gasteiger partial charge in [-0.15, -0.1) is 0 Å². The van der Waals surface area contributed by atoms with Crippen molar-refractivity contribution in [2.24, 2.45) is 0 Å². The molecule has 0 radical (unpaired) electrons. The summed E-state index contributed by atoms with van der Waals surface area (Å²) < 4.78 is 0. The van der Waals surface area contributed by atoms with Crippen LogP contribution in [0.2, 0.25) is 18.1 Å². The molecular weight excluding hydrogens is 112 g/mol. The molecule has 0 bridgehead atoms. The lowest BCUT2D eigenvalue weighted by Gasteiger charge is -2.27. The molecular formula is C7H12Si. The minimum Gasteiger partial charge on any atom is -0.0981 e. The van der Waals surface area contributed by atoms with Crippen LogP contribution in [-0.2, 0) is 0 Å². The molecule has 0 amide bonds. The van der Waals surface area contributed by atoms with Gasteiger partial charge in [0.15, 0.2) is 0 Å². The topological polar surface area (TPSA) is 0 Å². The van der Waals surface area contributed by atoms with Crippen molar-refractivity contribution in [2.75, 3.05) is 0 Å². The van der Waals surface area contributed by atoms with Crippen molar-refractivity contribution in [3.05, 3.63) is 11.8 Å². The molecule has 1 saturated heterocycles. The molecule has 0 N–H and O–H groups in total. The number of hydrogen-bond acceptors (Lipinski definition) is 0. The van der Waals surface area contributed by atoms with Gasteiger partial charge in [-0.2, -0.15) is 0 Å². The Bertz CT molecular complexity index is 120. The van der Waals surface area contributed by atoms with E-state index in [2.05, 4.69) is 11.8 Å².